The lowest BCUT2D eigenvalue weighted by Crippen LogP contribution is -3.22. The molecule has 0 amide bonds. The number of hydrogen-bond donors (Lipinski definition) is 2. The summed E-state index contributed by atoms with van der Waals surface area (Å²) in [5.74, 6) is 0.886. The SMILES string of the molecule is CC(C)(C[NH3+])[NH+]1CCC(Cc2ccccc2)CC1. The van der Waals surface area contributed by atoms with Crippen LogP contribution in [0.4, 0.5) is 0 Å². The highest BCUT2D eigenvalue weighted by Gasteiger charge is 2.34. The van der Waals surface area contributed by atoms with Crippen molar-refractivity contribution in [3.63, 3.8) is 0 Å². The highest BCUT2D eigenvalue weighted by Crippen LogP contribution is 2.17. The summed E-state index contributed by atoms with van der Waals surface area (Å²) in [5.41, 5.74) is 5.96. The highest BCUT2D eigenvalue weighted by atomic mass is 15.2. The van der Waals surface area contributed by atoms with Crippen molar-refractivity contribution in [2.75, 3.05) is 19.6 Å². The topological polar surface area (TPSA) is 32.1 Å². The summed E-state index contributed by atoms with van der Waals surface area (Å²) in [7, 11) is 0. The first kappa shape index (κ1) is 13.6. The normalized spacial score (nSPS) is 25.1. The maximum atomic E-state index is 4.10. The van der Waals surface area contributed by atoms with E-state index >= 15 is 0 Å². The lowest BCUT2D eigenvalue weighted by molar-refractivity contribution is -0.960. The fraction of sp³-hybridized carbons (Fsp3) is 0.625. The molecule has 1 aliphatic rings. The van der Waals surface area contributed by atoms with Gasteiger partial charge in [-0.1, -0.05) is 30.3 Å². The van der Waals surface area contributed by atoms with Crippen LogP contribution in [-0.4, -0.2) is 25.2 Å². The molecule has 1 aromatic carbocycles. The minimum atomic E-state index is 0.359. The molecule has 2 nitrogen and oxygen atoms in total. The molecule has 18 heavy (non-hydrogen) atoms. The van der Waals surface area contributed by atoms with Crippen LogP contribution in [0.2, 0.25) is 0 Å². The van der Waals surface area contributed by atoms with Gasteiger partial charge in [-0.2, -0.15) is 0 Å². The molecule has 1 aromatic rings. The van der Waals surface area contributed by atoms with Crippen molar-refractivity contribution in [3.05, 3.63) is 35.9 Å². The van der Waals surface area contributed by atoms with Gasteiger partial charge in [-0.3, -0.25) is 0 Å². The molecule has 0 aliphatic carbocycles. The van der Waals surface area contributed by atoms with Gasteiger partial charge in [0.25, 0.3) is 0 Å². The van der Waals surface area contributed by atoms with E-state index in [4.69, 9.17) is 0 Å². The summed E-state index contributed by atoms with van der Waals surface area (Å²) in [6.07, 6.45) is 4.00. The molecule has 0 bridgehead atoms. The van der Waals surface area contributed by atoms with Gasteiger partial charge in [-0.15, -0.1) is 0 Å². The van der Waals surface area contributed by atoms with Crippen LogP contribution in [0.25, 0.3) is 0 Å². The van der Waals surface area contributed by atoms with Gasteiger partial charge >= 0.3 is 0 Å². The summed E-state index contributed by atoms with van der Waals surface area (Å²) >= 11 is 0. The lowest BCUT2D eigenvalue weighted by atomic mass is 9.88. The van der Waals surface area contributed by atoms with Gasteiger partial charge in [0.05, 0.1) is 13.1 Å². The minimum absolute atomic E-state index is 0.359. The maximum absolute atomic E-state index is 4.10. The Labute approximate surface area is 111 Å². The van der Waals surface area contributed by atoms with E-state index in [1.165, 1.54) is 37.9 Å². The van der Waals surface area contributed by atoms with Crippen LogP contribution in [0.5, 0.6) is 0 Å². The predicted octanol–water partition coefficient (Wildman–Crippen LogP) is 0.545. The zero-order valence-electron chi connectivity index (χ0n) is 11.9. The minimum Gasteiger partial charge on any atom is -0.352 e. The number of rotatable bonds is 4. The molecule has 1 aliphatic heterocycles. The Morgan fingerprint density at radius 3 is 2.33 bits per heavy atom. The molecule has 1 fully saturated rings. The number of likely N-dealkylation sites (tertiary alicyclic amines) is 1. The first-order valence-corrected chi connectivity index (χ1v) is 7.30. The molecule has 2 heteroatoms. The molecule has 1 heterocycles. The second-order valence-electron chi connectivity index (χ2n) is 6.37. The first-order chi connectivity index (χ1) is 8.62. The molecule has 0 radical (unpaired) electrons. The van der Waals surface area contributed by atoms with Crippen LogP contribution >= 0.6 is 0 Å². The van der Waals surface area contributed by atoms with Crippen molar-refractivity contribution in [1.82, 2.24) is 0 Å². The van der Waals surface area contributed by atoms with E-state index in [0.29, 0.717) is 5.54 Å². The smallest absolute Gasteiger partial charge is 0.141 e. The third-order valence-electron chi connectivity index (χ3n) is 4.66. The van der Waals surface area contributed by atoms with Crippen molar-refractivity contribution < 1.29 is 10.6 Å². The third kappa shape index (κ3) is 3.33. The van der Waals surface area contributed by atoms with E-state index in [1.807, 2.05) is 0 Å². The zero-order valence-corrected chi connectivity index (χ0v) is 11.9. The van der Waals surface area contributed by atoms with Gasteiger partial charge in [-0.25, -0.2) is 0 Å². The van der Waals surface area contributed by atoms with E-state index in [1.54, 1.807) is 4.90 Å². The molecule has 0 saturated carbocycles. The number of quaternary nitrogens is 2. The van der Waals surface area contributed by atoms with Gasteiger partial charge in [-0.05, 0) is 44.6 Å². The molecule has 0 atom stereocenters. The van der Waals surface area contributed by atoms with E-state index in [-0.39, 0.29) is 0 Å². The Kier molecular flexibility index (Phi) is 4.41. The molecule has 0 spiro atoms. The first-order valence-electron chi connectivity index (χ1n) is 7.30. The number of hydrogen-bond acceptors (Lipinski definition) is 0. The molecular weight excluding hydrogens is 220 g/mol. The third-order valence-corrected chi connectivity index (χ3v) is 4.66. The van der Waals surface area contributed by atoms with Crippen molar-refractivity contribution in [2.24, 2.45) is 5.92 Å². The number of piperidine rings is 1. The summed E-state index contributed by atoms with van der Waals surface area (Å²) in [6.45, 7) is 8.38. The van der Waals surface area contributed by atoms with Crippen molar-refractivity contribution >= 4 is 0 Å². The van der Waals surface area contributed by atoms with Gasteiger partial charge in [0.1, 0.15) is 12.1 Å². The van der Waals surface area contributed by atoms with Crippen molar-refractivity contribution in [3.8, 4) is 0 Å². The quantitative estimate of drug-likeness (QED) is 0.780. The fourth-order valence-corrected chi connectivity index (χ4v) is 3.03. The monoisotopic (exact) mass is 248 g/mol. The summed E-state index contributed by atoms with van der Waals surface area (Å²) in [4.78, 5) is 1.75. The Morgan fingerprint density at radius 2 is 1.78 bits per heavy atom. The average molecular weight is 248 g/mol. The molecular formula is C16H28N2+2. The van der Waals surface area contributed by atoms with E-state index in [0.717, 1.165) is 12.5 Å². The van der Waals surface area contributed by atoms with Gasteiger partial charge in [0.2, 0.25) is 0 Å². The van der Waals surface area contributed by atoms with Crippen LogP contribution < -0.4 is 10.6 Å². The lowest BCUT2D eigenvalue weighted by Gasteiger charge is -2.38. The van der Waals surface area contributed by atoms with Crippen LogP contribution in [0.15, 0.2) is 30.3 Å². The highest BCUT2D eigenvalue weighted by molar-refractivity contribution is 5.15. The molecule has 2 rings (SSSR count). The zero-order chi connectivity index (χ0) is 13.0. The van der Waals surface area contributed by atoms with Crippen LogP contribution in [-0.2, 0) is 6.42 Å². The Hall–Kier alpha value is -0.860. The Balaban J connectivity index is 1.84. The standard InChI is InChI=1S/C16H26N2/c1-16(2,13-17)18-10-8-15(9-11-18)12-14-6-4-3-5-7-14/h3-7,15H,8-13,17H2,1-2H3/p+2. The van der Waals surface area contributed by atoms with Crippen LogP contribution in [0.3, 0.4) is 0 Å². The molecule has 100 valence electrons. The molecule has 0 aromatic heterocycles. The van der Waals surface area contributed by atoms with Crippen molar-refractivity contribution in [2.45, 2.75) is 38.6 Å². The summed E-state index contributed by atoms with van der Waals surface area (Å²) < 4.78 is 0. The fourth-order valence-electron chi connectivity index (χ4n) is 3.03. The van der Waals surface area contributed by atoms with Gasteiger partial charge in [0.15, 0.2) is 0 Å². The van der Waals surface area contributed by atoms with E-state index < -0.39 is 0 Å². The van der Waals surface area contributed by atoms with Crippen molar-refractivity contribution in [1.29, 1.82) is 0 Å². The summed E-state index contributed by atoms with van der Waals surface area (Å²) in [5, 5.41) is 0. The number of nitrogens with one attached hydrogen (secondary N) is 1. The average Bonchev–Trinajstić information content (AvgIpc) is 2.40. The Morgan fingerprint density at radius 1 is 1.17 bits per heavy atom. The van der Waals surface area contributed by atoms with Crippen LogP contribution in [0, 0.1) is 5.92 Å². The Bertz CT molecular complexity index is 351. The molecule has 0 unspecified atom stereocenters. The van der Waals surface area contributed by atoms with Gasteiger partial charge in [0, 0.05) is 0 Å². The maximum Gasteiger partial charge on any atom is 0.141 e. The van der Waals surface area contributed by atoms with Gasteiger partial charge < -0.3 is 10.6 Å². The van der Waals surface area contributed by atoms with Crippen LogP contribution in [0.1, 0.15) is 32.3 Å². The summed E-state index contributed by atoms with van der Waals surface area (Å²) in [6, 6.07) is 10.9. The second-order valence-corrected chi connectivity index (χ2v) is 6.37. The van der Waals surface area contributed by atoms with E-state index in [2.05, 4.69) is 49.9 Å². The second kappa shape index (κ2) is 5.85. The number of benzene rings is 1. The van der Waals surface area contributed by atoms with E-state index in [9.17, 15) is 0 Å². The molecule has 4 N–H and O–H groups in total. The largest absolute Gasteiger partial charge is 0.352 e. The molecule has 1 saturated heterocycles. The predicted molar refractivity (Wildman–Crippen MR) is 75.4 cm³/mol.